The summed E-state index contributed by atoms with van der Waals surface area (Å²) in [6.07, 6.45) is 2.41. The summed E-state index contributed by atoms with van der Waals surface area (Å²) in [6.45, 7) is 3.95. The number of rotatable bonds is 2. The van der Waals surface area contributed by atoms with Crippen LogP contribution in [0.25, 0.3) is 0 Å². The van der Waals surface area contributed by atoms with Crippen LogP contribution in [0.4, 0.5) is 0 Å². The first-order valence-corrected chi connectivity index (χ1v) is 4.24. The van der Waals surface area contributed by atoms with E-state index in [-0.39, 0.29) is 5.54 Å². The second kappa shape index (κ2) is 3.42. The van der Waals surface area contributed by atoms with Crippen LogP contribution in [0.15, 0.2) is 18.3 Å². The van der Waals surface area contributed by atoms with Crippen molar-refractivity contribution in [2.75, 3.05) is 0 Å². The largest absolute Gasteiger partial charge is 0.325 e. The molecule has 0 aliphatic rings. The van der Waals surface area contributed by atoms with E-state index in [0.717, 1.165) is 12.1 Å². The lowest BCUT2D eigenvalue weighted by Crippen LogP contribution is -2.34. The summed E-state index contributed by atoms with van der Waals surface area (Å²) in [5.74, 6) is 0. The van der Waals surface area contributed by atoms with Crippen LogP contribution in [0.5, 0.6) is 0 Å². The van der Waals surface area contributed by atoms with Crippen LogP contribution in [-0.4, -0.2) is 10.5 Å². The first-order chi connectivity index (χ1) is 5.47. The van der Waals surface area contributed by atoms with E-state index in [2.05, 4.69) is 4.98 Å². The van der Waals surface area contributed by atoms with Gasteiger partial charge in [0, 0.05) is 23.9 Å². The van der Waals surface area contributed by atoms with Gasteiger partial charge in [-0.05, 0) is 26.0 Å². The van der Waals surface area contributed by atoms with Crippen LogP contribution < -0.4 is 5.73 Å². The van der Waals surface area contributed by atoms with Crippen molar-refractivity contribution < 1.29 is 0 Å². The number of nitrogens with zero attached hydrogens (tertiary/aromatic N) is 1. The third kappa shape index (κ3) is 3.20. The quantitative estimate of drug-likeness (QED) is 0.764. The van der Waals surface area contributed by atoms with E-state index in [1.807, 2.05) is 26.0 Å². The number of hydrogen-bond acceptors (Lipinski definition) is 2. The van der Waals surface area contributed by atoms with Crippen molar-refractivity contribution >= 4 is 11.6 Å². The van der Waals surface area contributed by atoms with Gasteiger partial charge in [-0.25, -0.2) is 0 Å². The first-order valence-electron chi connectivity index (χ1n) is 3.87. The minimum atomic E-state index is -0.208. The molecule has 0 aromatic carbocycles. The number of aromatic nitrogens is 1. The Labute approximate surface area is 77.8 Å². The van der Waals surface area contributed by atoms with E-state index in [1.54, 1.807) is 6.20 Å². The van der Waals surface area contributed by atoms with Gasteiger partial charge in [-0.15, -0.1) is 0 Å². The predicted molar refractivity (Wildman–Crippen MR) is 51.2 cm³/mol. The molecule has 2 N–H and O–H groups in total. The van der Waals surface area contributed by atoms with Gasteiger partial charge < -0.3 is 5.73 Å². The molecule has 0 aliphatic heterocycles. The topological polar surface area (TPSA) is 38.9 Å². The minimum absolute atomic E-state index is 0.208. The molecule has 1 heterocycles. The zero-order valence-electron chi connectivity index (χ0n) is 7.34. The zero-order chi connectivity index (χ0) is 9.19. The summed E-state index contributed by atoms with van der Waals surface area (Å²) in [4.78, 5) is 4.15. The van der Waals surface area contributed by atoms with Gasteiger partial charge >= 0.3 is 0 Å². The first kappa shape index (κ1) is 9.49. The Bertz CT molecular complexity index is 248. The van der Waals surface area contributed by atoms with Crippen molar-refractivity contribution in [1.29, 1.82) is 0 Å². The fourth-order valence-corrected chi connectivity index (χ4v) is 1.09. The predicted octanol–water partition coefficient (Wildman–Crippen LogP) is 2.01. The molecule has 2 nitrogen and oxygen atoms in total. The van der Waals surface area contributed by atoms with Gasteiger partial charge in [-0.3, -0.25) is 4.98 Å². The Hall–Kier alpha value is -0.600. The average Bonchev–Trinajstić information content (AvgIpc) is 1.91. The second-order valence-corrected chi connectivity index (χ2v) is 4.07. The van der Waals surface area contributed by atoms with Gasteiger partial charge in [0.15, 0.2) is 0 Å². The van der Waals surface area contributed by atoms with Gasteiger partial charge in [-0.2, -0.15) is 0 Å². The maximum atomic E-state index is 5.83. The summed E-state index contributed by atoms with van der Waals surface area (Å²) in [5, 5.41) is 0.661. The molecule has 12 heavy (non-hydrogen) atoms. The molecular formula is C9H13ClN2. The average molecular weight is 185 g/mol. The molecule has 0 spiro atoms. The summed E-state index contributed by atoms with van der Waals surface area (Å²) in [6, 6.07) is 3.73. The highest BCUT2D eigenvalue weighted by atomic mass is 35.5. The molecule has 0 saturated heterocycles. The van der Waals surface area contributed by atoms with Crippen molar-refractivity contribution in [2.45, 2.75) is 25.8 Å². The van der Waals surface area contributed by atoms with Crippen molar-refractivity contribution in [3.8, 4) is 0 Å². The molecule has 66 valence electrons. The van der Waals surface area contributed by atoms with Crippen molar-refractivity contribution in [3.63, 3.8) is 0 Å². The molecule has 0 radical (unpaired) electrons. The monoisotopic (exact) mass is 184 g/mol. The van der Waals surface area contributed by atoms with E-state index in [1.165, 1.54) is 0 Å². The molecule has 1 rings (SSSR count). The molecule has 0 aliphatic carbocycles. The zero-order valence-corrected chi connectivity index (χ0v) is 8.10. The Kier molecular flexibility index (Phi) is 2.70. The molecule has 0 saturated carbocycles. The van der Waals surface area contributed by atoms with E-state index < -0.39 is 0 Å². The minimum Gasteiger partial charge on any atom is -0.325 e. The third-order valence-corrected chi connectivity index (χ3v) is 1.65. The molecular weight excluding hydrogens is 172 g/mol. The van der Waals surface area contributed by atoms with Crippen LogP contribution in [0.1, 0.15) is 19.5 Å². The Morgan fingerprint density at radius 1 is 1.50 bits per heavy atom. The molecule has 1 aromatic heterocycles. The van der Waals surface area contributed by atoms with Crippen LogP contribution >= 0.6 is 11.6 Å². The Morgan fingerprint density at radius 2 is 2.17 bits per heavy atom. The second-order valence-electron chi connectivity index (χ2n) is 3.63. The number of pyridine rings is 1. The third-order valence-electron chi connectivity index (χ3n) is 1.43. The summed E-state index contributed by atoms with van der Waals surface area (Å²) in [5.41, 5.74) is 6.60. The van der Waals surface area contributed by atoms with Crippen LogP contribution in [0.3, 0.4) is 0 Å². The summed E-state index contributed by atoms with van der Waals surface area (Å²) < 4.78 is 0. The number of halogens is 1. The maximum absolute atomic E-state index is 5.83. The SMILES string of the molecule is CC(C)(N)Cc1ccc(Cl)cn1. The van der Waals surface area contributed by atoms with Crippen LogP contribution in [-0.2, 0) is 6.42 Å². The summed E-state index contributed by atoms with van der Waals surface area (Å²) >= 11 is 5.69. The van der Waals surface area contributed by atoms with E-state index in [4.69, 9.17) is 17.3 Å². The lowest BCUT2D eigenvalue weighted by Gasteiger charge is -2.17. The lowest BCUT2D eigenvalue weighted by molar-refractivity contribution is 0.510. The van der Waals surface area contributed by atoms with Crippen molar-refractivity contribution in [3.05, 3.63) is 29.0 Å². The number of hydrogen-bond donors (Lipinski definition) is 1. The van der Waals surface area contributed by atoms with Crippen LogP contribution in [0, 0.1) is 0 Å². The van der Waals surface area contributed by atoms with Gasteiger partial charge in [0.1, 0.15) is 0 Å². The van der Waals surface area contributed by atoms with E-state index in [0.29, 0.717) is 5.02 Å². The Balaban J connectivity index is 2.71. The fraction of sp³-hybridized carbons (Fsp3) is 0.444. The molecule has 0 bridgehead atoms. The van der Waals surface area contributed by atoms with Crippen molar-refractivity contribution in [1.82, 2.24) is 4.98 Å². The highest BCUT2D eigenvalue weighted by Crippen LogP contribution is 2.10. The fourth-order valence-electron chi connectivity index (χ4n) is 0.978. The highest BCUT2D eigenvalue weighted by Gasteiger charge is 2.11. The molecule has 3 heteroatoms. The normalized spacial score (nSPS) is 11.7. The molecule has 0 unspecified atom stereocenters. The van der Waals surface area contributed by atoms with Crippen LogP contribution in [0.2, 0.25) is 5.02 Å². The van der Waals surface area contributed by atoms with Gasteiger partial charge in [0.05, 0.1) is 5.02 Å². The molecule has 0 fully saturated rings. The molecule has 1 aromatic rings. The standard InChI is InChI=1S/C9H13ClN2/c1-9(2,11)5-8-4-3-7(10)6-12-8/h3-4,6H,5,11H2,1-2H3. The lowest BCUT2D eigenvalue weighted by atomic mass is 10.00. The molecule has 0 amide bonds. The smallest absolute Gasteiger partial charge is 0.0589 e. The van der Waals surface area contributed by atoms with E-state index >= 15 is 0 Å². The Morgan fingerprint density at radius 3 is 2.58 bits per heavy atom. The highest BCUT2D eigenvalue weighted by molar-refractivity contribution is 6.30. The summed E-state index contributed by atoms with van der Waals surface area (Å²) in [7, 11) is 0. The van der Waals surface area contributed by atoms with Gasteiger partial charge in [-0.1, -0.05) is 11.6 Å². The van der Waals surface area contributed by atoms with Gasteiger partial charge in [0.25, 0.3) is 0 Å². The maximum Gasteiger partial charge on any atom is 0.0589 e. The van der Waals surface area contributed by atoms with Gasteiger partial charge in [0.2, 0.25) is 0 Å². The molecule has 0 atom stereocenters. The van der Waals surface area contributed by atoms with Crippen molar-refractivity contribution in [2.24, 2.45) is 5.73 Å². The van der Waals surface area contributed by atoms with E-state index in [9.17, 15) is 0 Å². The number of nitrogens with two attached hydrogens (primary N) is 1.